The molecule has 1 aromatic carbocycles. The molecule has 0 amide bonds. The van der Waals surface area contributed by atoms with Crippen LogP contribution in [0.1, 0.15) is 18.9 Å². The second kappa shape index (κ2) is 7.89. The third-order valence-corrected chi connectivity index (χ3v) is 8.02. The number of benzene rings is 1. The zero-order valence-electron chi connectivity index (χ0n) is 17.5. The molecule has 1 N–H and O–H groups in total. The van der Waals surface area contributed by atoms with Crippen molar-refractivity contribution in [3.05, 3.63) is 66.6 Å². The van der Waals surface area contributed by atoms with Gasteiger partial charge in [-0.05, 0) is 55.7 Å². The third-order valence-electron chi connectivity index (χ3n) is 6.05. The molecular formula is C23H22N6O2S. The molecule has 1 aliphatic heterocycles. The van der Waals surface area contributed by atoms with E-state index >= 15 is 0 Å². The molecule has 4 aromatic rings. The molecular weight excluding hydrogens is 424 g/mol. The Labute approximate surface area is 186 Å². The van der Waals surface area contributed by atoms with Crippen molar-refractivity contribution >= 4 is 21.1 Å². The number of sulfonamides is 1. The minimum Gasteiger partial charge on any atom is -0.346 e. The van der Waals surface area contributed by atoms with Crippen molar-refractivity contribution in [2.24, 2.45) is 5.92 Å². The molecule has 2 atom stereocenters. The SMILES string of the molecule is C[C@H]1C[C@@H](Cn2ccc3nc(-c4cn[nH]c4)ccc32)CN1S(=O)(=O)c1cccc(C#N)c1. The summed E-state index contributed by atoms with van der Waals surface area (Å²) in [6, 6.07) is 14.1. The number of fused-ring (bicyclic) bond motifs is 1. The number of H-pyrrole nitrogens is 1. The lowest BCUT2D eigenvalue weighted by Crippen LogP contribution is -2.34. The highest BCUT2D eigenvalue weighted by Crippen LogP contribution is 2.31. The Balaban J connectivity index is 1.36. The van der Waals surface area contributed by atoms with Crippen molar-refractivity contribution in [3.8, 4) is 17.3 Å². The maximum Gasteiger partial charge on any atom is 0.243 e. The van der Waals surface area contributed by atoms with Gasteiger partial charge < -0.3 is 4.57 Å². The van der Waals surface area contributed by atoms with E-state index in [1.807, 2.05) is 43.6 Å². The number of hydrogen-bond acceptors (Lipinski definition) is 5. The summed E-state index contributed by atoms with van der Waals surface area (Å²) in [7, 11) is -3.65. The Bertz CT molecular complexity index is 1420. The van der Waals surface area contributed by atoms with Gasteiger partial charge in [0.05, 0.1) is 39.5 Å². The molecule has 1 saturated heterocycles. The molecule has 3 aromatic heterocycles. The standard InChI is InChI=1S/C23H22N6O2S/c1-16-9-18(15-29(16)32(30,31)20-4-2-3-17(10-20)11-24)14-28-8-7-22-23(28)6-5-21(27-22)19-12-25-26-13-19/h2-8,10,12-13,16,18H,9,14-15H2,1H3,(H,25,26)/t16-,18-/m0/s1. The number of hydrogen-bond donors (Lipinski definition) is 1. The summed E-state index contributed by atoms with van der Waals surface area (Å²) in [4.78, 5) is 4.90. The number of rotatable bonds is 5. The van der Waals surface area contributed by atoms with E-state index in [2.05, 4.69) is 14.8 Å². The van der Waals surface area contributed by atoms with E-state index in [-0.39, 0.29) is 16.9 Å². The fraction of sp³-hybridized carbons (Fsp3) is 0.261. The molecule has 0 saturated carbocycles. The van der Waals surface area contributed by atoms with Crippen LogP contribution in [0.3, 0.4) is 0 Å². The Hall–Kier alpha value is -3.48. The van der Waals surface area contributed by atoms with Crippen LogP contribution in [0.2, 0.25) is 0 Å². The molecule has 8 nitrogen and oxygen atoms in total. The van der Waals surface area contributed by atoms with Gasteiger partial charge in [0.2, 0.25) is 10.0 Å². The number of nitriles is 1. The lowest BCUT2D eigenvalue weighted by Gasteiger charge is -2.21. The summed E-state index contributed by atoms with van der Waals surface area (Å²) in [5.74, 6) is 0.183. The molecule has 4 heterocycles. The van der Waals surface area contributed by atoms with Crippen molar-refractivity contribution < 1.29 is 8.42 Å². The van der Waals surface area contributed by atoms with Gasteiger partial charge >= 0.3 is 0 Å². The molecule has 0 unspecified atom stereocenters. The molecule has 1 fully saturated rings. The molecule has 0 aliphatic carbocycles. The zero-order valence-corrected chi connectivity index (χ0v) is 18.3. The smallest absolute Gasteiger partial charge is 0.243 e. The Morgan fingerprint density at radius 3 is 2.91 bits per heavy atom. The predicted molar refractivity (Wildman–Crippen MR) is 120 cm³/mol. The van der Waals surface area contributed by atoms with E-state index in [0.717, 1.165) is 28.7 Å². The highest BCUT2D eigenvalue weighted by atomic mass is 32.2. The summed E-state index contributed by atoms with van der Waals surface area (Å²) in [6.45, 7) is 3.10. The second-order valence-electron chi connectivity index (χ2n) is 8.22. The second-order valence-corrected chi connectivity index (χ2v) is 10.1. The first-order valence-electron chi connectivity index (χ1n) is 10.4. The van der Waals surface area contributed by atoms with E-state index in [4.69, 9.17) is 10.2 Å². The van der Waals surface area contributed by atoms with Gasteiger partial charge in [0.15, 0.2) is 0 Å². The van der Waals surface area contributed by atoms with Gasteiger partial charge in [0, 0.05) is 37.1 Å². The van der Waals surface area contributed by atoms with E-state index in [1.54, 1.807) is 28.7 Å². The Morgan fingerprint density at radius 2 is 2.12 bits per heavy atom. The summed E-state index contributed by atoms with van der Waals surface area (Å²) in [5, 5.41) is 15.9. The van der Waals surface area contributed by atoms with Gasteiger partial charge in [-0.1, -0.05) is 6.07 Å². The first-order valence-corrected chi connectivity index (χ1v) is 11.9. The van der Waals surface area contributed by atoms with Crippen molar-refractivity contribution in [1.82, 2.24) is 24.1 Å². The quantitative estimate of drug-likeness (QED) is 0.506. The van der Waals surface area contributed by atoms with Gasteiger partial charge in [-0.2, -0.15) is 14.7 Å². The normalized spacial score (nSPS) is 19.4. The average Bonchev–Trinajstić information content (AvgIpc) is 3.54. The van der Waals surface area contributed by atoms with E-state index in [0.29, 0.717) is 18.7 Å². The number of nitrogens with zero attached hydrogens (tertiary/aromatic N) is 5. The highest BCUT2D eigenvalue weighted by Gasteiger charge is 2.38. The Kier molecular flexibility index (Phi) is 5.04. The summed E-state index contributed by atoms with van der Waals surface area (Å²) < 4.78 is 30.1. The fourth-order valence-electron chi connectivity index (χ4n) is 4.50. The molecule has 5 rings (SSSR count). The molecule has 162 valence electrons. The minimum absolute atomic E-state index is 0.108. The summed E-state index contributed by atoms with van der Waals surface area (Å²) in [5.41, 5.74) is 4.05. The van der Waals surface area contributed by atoms with Crippen molar-refractivity contribution in [2.45, 2.75) is 30.8 Å². The molecule has 9 heteroatoms. The highest BCUT2D eigenvalue weighted by molar-refractivity contribution is 7.89. The van der Waals surface area contributed by atoms with E-state index in [9.17, 15) is 8.42 Å². The van der Waals surface area contributed by atoms with Crippen molar-refractivity contribution in [2.75, 3.05) is 6.54 Å². The summed E-state index contributed by atoms with van der Waals surface area (Å²) in [6.07, 6.45) is 6.34. The van der Waals surface area contributed by atoms with Crippen molar-refractivity contribution in [1.29, 1.82) is 5.26 Å². The topological polar surface area (TPSA) is 108 Å². The van der Waals surface area contributed by atoms with Gasteiger partial charge in [0.1, 0.15) is 0 Å². The van der Waals surface area contributed by atoms with Crippen LogP contribution in [0.25, 0.3) is 22.3 Å². The third kappa shape index (κ3) is 3.57. The molecule has 0 radical (unpaired) electrons. The van der Waals surface area contributed by atoms with Crippen LogP contribution < -0.4 is 0 Å². The maximum absolute atomic E-state index is 13.2. The number of pyridine rings is 1. The van der Waals surface area contributed by atoms with Gasteiger partial charge in [-0.3, -0.25) is 5.10 Å². The maximum atomic E-state index is 13.2. The lowest BCUT2D eigenvalue weighted by atomic mass is 10.1. The predicted octanol–water partition coefficient (Wildman–Crippen LogP) is 3.40. The van der Waals surface area contributed by atoms with Crippen LogP contribution >= 0.6 is 0 Å². The van der Waals surface area contributed by atoms with Crippen LogP contribution in [0.15, 0.2) is 66.0 Å². The zero-order chi connectivity index (χ0) is 22.3. The largest absolute Gasteiger partial charge is 0.346 e. The first-order chi connectivity index (χ1) is 15.5. The van der Waals surface area contributed by atoms with E-state index in [1.165, 1.54) is 6.07 Å². The van der Waals surface area contributed by atoms with Crippen LogP contribution in [-0.2, 0) is 16.6 Å². The molecule has 0 spiro atoms. The van der Waals surface area contributed by atoms with E-state index < -0.39 is 10.0 Å². The summed E-state index contributed by atoms with van der Waals surface area (Å²) >= 11 is 0. The van der Waals surface area contributed by atoms with Crippen LogP contribution in [-0.4, -0.2) is 45.1 Å². The Morgan fingerprint density at radius 1 is 1.25 bits per heavy atom. The van der Waals surface area contributed by atoms with Crippen LogP contribution in [0.4, 0.5) is 0 Å². The van der Waals surface area contributed by atoms with Crippen LogP contribution in [0.5, 0.6) is 0 Å². The number of aromatic nitrogens is 4. The molecule has 32 heavy (non-hydrogen) atoms. The number of nitrogens with one attached hydrogen (secondary N) is 1. The first kappa shape index (κ1) is 20.4. The molecule has 1 aliphatic rings. The molecule has 0 bridgehead atoms. The van der Waals surface area contributed by atoms with Crippen molar-refractivity contribution in [3.63, 3.8) is 0 Å². The van der Waals surface area contributed by atoms with Gasteiger partial charge in [0.25, 0.3) is 0 Å². The van der Waals surface area contributed by atoms with Gasteiger partial charge in [-0.15, -0.1) is 0 Å². The average molecular weight is 447 g/mol. The fourth-order valence-corrected chi connectivity index (χ4v) is 6.26. The monoisotopic (exact) mass is 446 g/mol. The van der Waals surface area contributed by atoms with Gasteiger partial charge in [-0.25, -0.2) is 13.4 Å². The number of aromatic amines is 1. The van der Waals surface area contributed by atoms with Crippen LogP contribution in [0, 0.1) is 17.2 Å². The minimum atomic E-state index is -3.65. The lowest BCUT2D eigenvalue weighted by molar-refractivity contribution is 0.399.